The molecule has 0 aromatic heterocycles. The number of hydrogen-bond acceptors (Lipinski definition) is 5. The van der Waals surface area contributed by atoms with Crippen molar-refractivity contribution in [2.45, 2.75) is 18.6 Å². The van der Waals surface area contributed by atoms with Crippen LogP contribution in [0.2, 0.25) is 5.02 Å². The second-order valence-electron chi connectivity index (χ2n) is 7.20. The molecule has 1 heterocycles. The highest BCUT2D eigenvalue weighted by Gasteiger charge is 2.36. The van der Waals surface area contributed by atoms with Gasteiger partial charge in [-0.3, -0.25) is 4.90 Å². The van der Waals surface area contributed by atoms with E-state index in [1.807, 2.05) is 6.07 Å². The molecule has 1 aliphatic heterocycles. The van der Waals surface area contributed by atoms with E-state index in [0.29, 0.717) is 41.5 Å². The molecule has 1 unspecified atom stereocenters. The van der Waals surface area contributed by atoms with Gasteiger partial charge in [-0.25, -0.2) is 0 Å². The molecule has 0 spiro atoms. The van der Waals surface area contributed by atoms with Gasteiger partial charge in [-0.1, -0.05) is 17.7 Å². The highest BCUT2D eigenvalue weighted by atomic mass is 35.5. The second-order valence-corrected chi connectivity index (χ2v) is 7.61. The van der Waals surface area contributed by atoms with Crippen LogP contribution in [0.1, 0.15) is 29.2 Å². The molecular weight excluding hydrogens is 433 g/mol. The van der Waals surface area contributed by atoms with E-state index in [4.69, 9.17) is 25.8 Å². The number of halogens is 4. The molecular formula is C22H26ClF3N2O3. The molecule has 31 heavy (non-hydrogen) atoms. The highest BCUT2D eigenvalue weighted by molar-refractivity contribution is 6.31. The molecule has 1 saturated heterocycles. The average molecular weight is 459 g/mol. The van der Waals surface area contributed by atoms with E-state index in [1.54, 1.807) is 12.1 Å². The number of nitrogens with one attached hydrogen (secondary N) is 1. The van der Waals surface area contributed by atoms with Gasteiger partial charge in [0.25, 0.3) is 0 Å². The van der Waals surface area contributed by atoms with Crippen LogP contribution in [0.25, 0.3) is 0 Å². The molecule has 1 fully saturated rings. The zero-order chi connectivity index (χ0) is 22.6. The first-order valence-corrected chi connectivity index (χ1v) is 10.3. The molecule has 1 N–H and O–H groups in total. The normalized spacial score (nSPS) is 16.5. The summed E-state index contributed by atoms with van der Waals surface area (Å²) in [6.07, 6.45) is -3.69. The van der Waals surface area contributed by atoms with Crippen molar-refractivity contribution in [2.75, 3.05) is 47.5 Å². The van der Waals surface area contributed by atoms with Gasteiger partial charge in [0.05, 0.1) is 38.0 Å². The molecule has 0 radical (unpaired) electrons. The number of alkyl halides is 3. The number of rotatable bonds is 6. The maximum absolute atomic E-state index is 13.6. The highest BCUT2D eigenvalue weighted by Crippen LogP contribution is 2.46. The van der Waals surface area contributed by atoms with Crippen molar-refractivity contribution in [3.05, 3.63) is 52.0 Å². The van der Waals surface area contributed by atoms with E-state index in [1.165, 1.54) is 27.4 Å². The quantitative estimate of drug-likeness (QED) is 0.675. The lowest BCUT2D eigenvalue weighted by molar-refractivity contribution is -0.137. The Hall–Kier alpha value is -2.16. The van der Waals surface area contributed by atoms with E-state index in [9.17, 15) is 13.2 Å². The summed E-state index contributed by atoms with van der Waals surface area (Å²) in [4.78, 5) is 2.15. The second kappa shape index (κ2) is 9.97. The lowest BCUT2D eigenvalue weighted by atomic mass is 9.93. The largest absolute Gasteiger partial charge is 0.493 e. The summed E-state index contributed by atoms with van der Waals surface area (Å²) < 4.78 is 57.3. The molecule has 0 bridgehead atoms. The Balaban J connectivity index is 2.22. The van der Waals surface area contributed by atoms with Crippen LogP contribution in [0.3, 0.4) is 0 Å². The van der Waals surface area contributed by atoms with Crippen molar-refractivity contribution < 1.29 is 27.4 Å². The number of hydrogen-bond donors (Lipinski definition) is 1. The minimum absolute atomic E-state index is 0.327. The summed E-state index contributed by atoms with van der Waals surface area (Å²) in [7, 11) is 4.52. The van der Waals surface area contributed by atoms with Crippen LogP contribution >= 0.6 is 11.6 Å². The summed E-state index contributed by atoms with van der Waals surface area (Å²) in [5.41, 5.74) is 0.311. The van der Waals surface area contributed by atoms with Gasteiger partial charge in [-0.2, -0.15) is 13.2 Å². The molecule has 1 aliphatic rings. The lowest BCUT2D eigenvalue weighted by Gasteiger charge is -2.33. The molecule has 0 aliphatic carbocycles. The van der Waals surface area contributed by atoms with Crippen LogP contribution < -0.4 is 19.5 Å². The van der Waals surface area contributed by atoms with Crippen molar-refractivity contribution >= 4 is 11.6 Å². The van der Waals surface area contributed by atoms with Gasteiger partial charge < -0.3 is 19.5 Å². The Kier molecular flexibility index (Phi) is 7.56. The third-order valence-electron chi connectivity index (χ3n) is 5.38. The number of methoxy groups -OCH3 is 3. The molecule has 9 heteroatoms. The van der Waals surface area contributed by atoms with Gasteiger partial charge in [-0.15, -0.1) is 0 Å². The summed E-state index contributed by atoms with van der Waals surface area (Å²) in [5.74, 6) is 1.30. The smallest absolute Gasteiger partial charge is 0.417 e. The first-order valence-electron chi connectivity index (χ1n) is 9.92. The van der Waals surface area contributed by atoms with Crippen molar-refractivity contribution in [1.82, 2.24) is 10.2 Å². The van der Waals surface area contributed by atoms with Gasteiger partial charge in [0.1, 0.15) is 0 Å². The number of benzene rings is 2. The van der Waals surface area contributed by atoms with Crippen LogP contribution in [-0.4, -0.2) is 52.4 Å². The fourth-order valence-electron chi connectivity index (χ4n) is 3.98. The summed E-state index contributed by atoms with van der Waals surface area (Å²) in [5, 5.41) is 3.00. The minimum Gasteiger partial charge on any atom is -0.493 e. The fraction of sp³-hybridized carbons (Fsp3) is 0.455. The Labute approximate surface area is 185 Å². The van der Waals surface area contributed by atoms with E-state index in [0.717, 1.165) is 25.6 Å². The topological polar surface area (TPSA) is 43.0 Å². The molecule has 0 saturated carbocycles. The van der Waals surface area contributed by atoms with Crippen LogP contribution in [-0.2, 0) is 6.18 Å². The molecule has 0 amide bonds. The monoisotopic (exact) mass is 458 g/mol. The summed E-state index contributed by atoms with van der Waals surface area (Å²) >= 11 is 5.88. The Morgan fingerprint density at radius 3 is 2.35 bits per heavy atom. The van der Waals surface area contributed by atoms with E-state index in [-0.39, 0.29) is 5.02 Å². The predicted molar refractivity (Wildman–Crippen MR) is 113 cm³/mol. The maximum Gasteiger partial charge on any atom is 0.417 e. The molecule has 2 aromatic rings. The van der Waals surface area contributed by atoms with Crippen molar-refractivity contribution in [3.8, 4) is 17.2 Å². The molecule has 5 nitrogen and oxygen atoms in total. The van der Waals surface area contributed by atoms with Gasteiger partial charge >= 0.3 is 6.18 Å². The maximum atomic E-state index is 13.6. The zero-order valence-corrected chi connectivity index (χ0v) is 18.4. The van der Waals surface area contributed by atoms with Gasteiger partial charge in [-0.05, 0) is 42.8 Å². The van der Waals surface area contributed by atoms with E-state index in [2.05, 4.69) is 10.2 Å². The molecule has 2 aromatic carbocycles. The van der Waals surface area contributed by atoms with Crippen molar-refractivity contribution in [2.24, 2.45) is 0 Å². The molecule has 1 atom stereocenters. The fourth-order valence-corrected chi connectivity index (χ4v) is 4.21. The molecule has 170 valence electrons. The Morgan fingerprint density at radius 1 is 0.968 bits per heavy atom. The SMILES string of the molecule is COc1ccc(C(c2ccc(Cl)c(C(F)(F)F)c2)N2CCCNCC2)c(OC)c1OC. The number of nitrogens with zero attached hydrogens (tertiary/aromatic N) is 1. The summed E-state index contributed by atoms with van der Waals surface area (Å²) in [6.45, 7) is 2.94. The standard InChI is InChI=1S/C22H26ClF3N2O3/c1-29-18-8-6-15(20(30-2)21(18)31-3)19(28-11-4-9-27-10-12-28)14-5-7-17(23)16(13-14)22(24,25)26/h5-8,13,19,27H,4,9-12H2,1-3H3. The third kappa shape index (κ3) is 5.02. The van der Waals surface area contributed by atoms with Gasteiger partial charge in [0, 0.05) is 25.2 Å². The van der Waals surface area contributed by atoms with Crippen LogP contribution in [0.5, 0.6) is 17.2 Å². The predicted octanol–water partition coefficient (Wildman–Crippen LogP) is 4.77. The van der Waals surface area contributed by atoms with Crippen LogP contribution in [0.15, 0.2) is 30.3 Å². The Bertz CT molecular complexity index is 900. The first kappa shape index (κ1) is 23.5. The number of ether oxygens (including phenoxy) is 3. The van der Waals surface area contributed by atoms with Crippen molar-refractivity contribution in [1.29, 1.82) is 0 Å². The third-order valence-corrected chi connectivity index (χ3v) is 5.71. The first-order chi connectivity index (χ1) is 14.8. The lowest BCUT2D eigenvalue weighted by Crippen LogP contribution is -2.33. The summed E-state index contributed by atoms with van der Waals surface area (Å²) in [6, 6.07) is 7.12. The van der Waals surface area contributed by atoms with Crippen LogP contribution in [0.4, 0.5) is 13.2 Å². The zero-order valence-electron chi connectivity index (χ0n) is 17.7. The molecule has 3 rings (SSSR count). The van der Waals surface area contributed by atoms with Crippen molar-refractivity contribution in [3.63, 3.8) is 0 Å². The van der Waals surface area contributed by atoms with Gasteiger partial charge in [0.15, 0.2) is 11.5 Å². The van der Waals surface area contributed by atoms with Crippen LogP contribution in [0, 0.1) is 0 Å². The van der Waals surface area contributed by atoms with Gasteiger partial charge in [0.2, 0.25) is 5.75 Å². The van der Waals surface area contributed by atoms with E-state index < -0.39 is 17.8 Å². The Morgan fingerprint density at radius 2 is 1.71 bits per heavy atom. The average Bonchev–Trinajstić information content (AvgIpc) is 3.03. The minimum atomic E-state index is -4.56. The van der Waals surface area contributed by atoms with E-state index >= 15 is 0 Å².